The molecule has 1 unspecified atom stereocenters. The molecular weight excluding hydrogens is 268 g/mol. The van der Waals surface area contributed by atoms with Gasteiger partial charge in [-0.2, -0.15) is 0 Å². The first kappa shape index (κ1) is 15.6. The van der Waals surface area contributed by atoms with Crippen LogP contribution in [0.1, 0.15) is 26.3 Å². The first-order chi connectivity index (χ1) is 9.77. The molecule has 0 saturated carbocycles. The van der Waals surface area contributed by atoms with E-state index in [4.69, 9.17) is 9.84 Å². The van der Waals surface area contributed by atoms with Crippen LogP contribution in [0.15, 0.2) is 18.2 Å². The Bertz CT molecular complexity index is 528. The summed E-state index contributed by atoms with van der Waals surface area (Å²) in [5.74, 6) is 0.0774. The second kappa shape index (κ2) is 5.93. The summed E-state index contributed by atoms with van der Waals surface area (Å²) in [6, 6.07) is 6.30. The van der Waals surface area contributed by atoms with Gasteiger partial charge in [0.05, 0.1) is 18.8 Å². The summed E-state index contributed by atoms with van der Waals surface area (Å²) in [4.78, 5) is 12.6. The molecule has 0 aromatic heterocycles. The third kappa shape index (κ3) is 4.11. The van der Waals surface area contributed by atoms with Crippen LogP contribution in [-0.2, 0) is 11.2 Å². The fraction of sp³-hybridized carbons (Fsp3) is 0.562. The number of aliphatic carboxylic acids is 1. The first-order valence-corrected chi connectivity index (χ1v) is 7.25. The van der Waals surface area contributed by atoms with Crippen LogP contribution in [0.3, 0.4) is 0 Å². The van der Waals surface area contributed by atoms with Crippen molar-refractivity contribution >= 4 is 11.7 Å². The van der Waals surface area contributed by atoms with E-state index in [0.29, 0.717) is 0 Å². The van der Waals surface area contributed by atoms with Crippen LogP contribution >= 0.6 is 0 Å². The fourth-order valence-corrected chi connectivity index (χ4v) is 2.44. The average Bonchev–Trinajstić information content (AvgIpc) is 2.37. The van der Waals surface area contributed by atoms with Crippen molar-refractivity contribution in [1.29, 1.82) is 0 Å². The normalized spacial score (nSPS) is 17.6. The maximum Gasteiger partial charge on any atom is 0.317 e. The predicted octanol–water partition coefficient (Wildman–Crippen LogP) is 2.22. The van der Waals surface area contributed by atoms with E-state index in [-0.39, 0.29) is 18.2 Å². The highest BCUT2D eigenvalue weighted by Crippen LogP contribution is 2.33. The summed E-state index contributed by atoms with van der Waals surface area (Å²) >= 11 is 0. The van der Waals surface area contributed by atoms with Gasteiger partial charge in [-0.1, -0.05) is 6.07 Å². The highest BCUT2D eigenvalue weighted by molar-refractivity contribution is 5.69. The standard InChI is InChI=1S/C16H24N2O3/c1-11(18(4)9-15(19)20)7-12-5-6-14-13(8-12)17-10-16(2,3)21-14/h5-6,8,11,17H,7,9-10H2,1-4H3,(H,19,20). The zero-order valence-corrected chi connectivity index (χ0v) is 13.1. The van der Waals surface area contributed by atoms with Crippen LogP contribution < -0.4 is 10.1 Å². The van der Waals surface area contributed by atoms with Gasteiger partial charge in [0.2, 0.25) is 0 Å². The van der Waals surface area contributed by atoms with Gasteiger partial charge >= 0.3 is 5.97 Å². The molecule has 2 rings (SSSR count). The van der Waals surface area contributed by atoms with E-state index < -0.39 is 5.97 Å². The molecule has 1 heterocycles. The molecule has 1 aliphatic rings. The number of likely N-dealkylation sites (N-methyl/N-ethyl adjacent to an activating group) is 1. The van der Waals surface area contributed by atoms with E-state index in [1.807, 2.05) is 31.0 Å². The number of benzene rings is 1. The SMILES string of the molecule is CC(Cc1ccc2c(c1)NCC(C)(C)O2)N(C)CC(=O)O. The number of ether oxygens (including phenoxy) is 1. The minimum atomic E-state index is -0.799. The lowest BCUT2D eigenvalue weighted by Gasteiger charge is -2.34. The Morgan fingerprint density at radius 1 is 1.52 bits per heavy atom. The lowest BCUT2D eigenvalue weighted by Crippen LogP contribution is -2.40. The van der Waals surface area contributed by atoms with Gasteiger partial charge in [-0.25, -0.2) is 0 Å². The molecule has 116 valence electrons. The molecule has 1 atom stereocenters. The molecule has 2 N–H and O–H groups in total. The number of nitrogens with zero attached hydrogens (tertiary/aromatic N) is 1. The number of carboxylic acid groups (broad SMARTS) is 1. The molecule has 0 saturated heterocycles. The summed E-state index contributed by atoms with van der Waals surface area (Å²) in [6.07, 6.45) is 0.808. The number of fused-ring (bicyclic) bond motifs is 1. The van der Waals surface area contributed by atoms with E-state index >= 15 is 0 Å². The Morgan fingerprint density at radius 2 is 2.24 bits per heavy atom. The highest BCUT2D eigenvalue weighted by Gasteiger charge is 2.26. The van der Waals surface area contributed by atoms with Crippen molar-refractivity contribution in [2.24, 2.45) is 0 Å². The summed E-state index contributed by atoms with van der Waals surface area (Å²) in [5.41, 5.74) is 2.00. The molecule has 1 aromatic rings. The van der Waals surface area contributed by atoms with Crippen molar-refractivity contribution in [3.8, 4) is 5.75 Å². The maximum absolute atomic E-state index is 10.8. The van der Waals surface area contributed by atoms with Crippen molar-refractivity contribution in [2.45, 2.75) is 38.8 Å². The summed E-state index contributed by atoms with van der Waals surface area (Å²) < 4.78 is 5.93. The average molecular weight is 292 g/mol. The molecule has 0 aliphatic carbocycles. The van der Waals surface area contributed by atoms with Crippen molar-refractivity contribution in [1.82, 2.24) is 4.90 Å². The van der Waals surface area contributed by atoms with Crippen molar-refractivity contribution in [3.63, 3.8) is 0 Å². The first-order valence-electron chi connectivity index (χ1n) is 7.25. The van der Waals surface area contributed by atoms with Crippen LogP contribution in [-0.4, -0.2) is 47.8 Å². The molecule has 0 fully saturated rings. The molecule has 21 heavy (non-hydrogen) atoms. The molecule has 1 aromatic carbocycles. The monoisotopic (exact) mass is 292 g/mol. The van der Waals surface area contributed by atoms with Gasteiger partial charge < -0.3 is 15.2 Å². The minimum Gasteiger partial charge on any atom is -0.484 e. The zero-order chi connectivity index (χ0) is 15.6. The van der Waals surface area contributed by atoms with Crippen LogP contribution in [0.5, 0.6) is 5.75 Å². The van der Waals surface area contributed by atoms with Gasteiger partial charge in [-0.3, -0.25) is 9.69 Å². The van der Waals surface area contributed by atoms with Gasteiger partial charge in [0.15, 0.2) is 0 Å². The third-order valence-corrected chi connectivity index (χ3v) is 3.80. The number of hydrogen-bond donors (Lipinski definition) is 2. The second-order valence-corrected chi connectivity index (χ2v) is 6.41. The fourth-order valence-electron chi connectivity index (χ4n) is 2.44. The lowest BCUT2D eigenvalue weighted by atomic mass is 10.0. The Labute approximate surface area is 125 Å². The Hall–Kier alpha value is -1.75. The second-order valence-electron chi connectivity index (χ2n) is 6.41. The van der Waals surface area contributed by atoms with E-state index in [9.17, 15) is 4.79 Å². The lowest BCUT2D eigenvalue weighted by molar-refractivity contribution is -0.138. The summed E-state index contributed by atoms with van der Waals surface area (Å²) in [6.45, 7) is 6.98. The van der Waals surface area contributed by atoms with Crippen LogP contribution in [0, 0.1) is 0 Å². The number of anilines is 1. The quantitative estimate of drug-likeness (QED) is 0.871. The maximum atomic E-state index is 10.8. The molecule has 0 radical (unpaired) electrons. The zero-order valence-electron chi connectivity index (χ0n) is 13.1. The van der Waals surface area contributed by atoms with E-state index in [2.05, 4.69) is 25.2 Å². The van der Waals surface area contributed by atoms with Crippen LogP contribution in [0.2, 0.25) is 0 Å². The number of nitrogens with one attached hydrogen (secondary N) is 1. The Balaban J connectivity index is 2.04. The van der Waals surface area contributed by atoms with E-state index in [0.717, 1.165) is 24.4 Å². The molecule has 5 nitrogen and oxygen atoms in total. The smallest absolute Gasteiger partial charge is 0.317 e. The van der Waals surface area contributed by atoms with Crippen molar-refractivity contribution < 1.29 is 14.6 Å². The third-order valence-electron chi connectivity index (χ3n) is 3.80. The molecule has 0 amide bonds. The molecular formula is C16H24N2O3. The van der Waals surface area contributed by atoms with Gasteiger partial charge in [0.1, 0.15) is 11.4 Å². The van der Waals surface area contributed by atoms with Gasteiger partial charge in [-0.15, -0.1) is 0 Å². The van der Waals surface area contributed by atoms with E-state index in [1.165, 1.54) is 5.56 Å². The summed E-state index contributed by atoms with van der Waals surface area (Å²) in [5, 5.41) is 12.2. The predicted molar refractivity (Wildman–Crippen MR) is 83.1 cm³/mol. The molecule has 0 bridgehead atoms. The van der Waals surface area contributed by atoms with Crippen molar-refractivity contribution in [3.05, 3.63) is 23.8 Å². The van der Waals surface area contributed by atoms with Gasteiger partial charge in [0.25, 0.3) is 0 Å². The molecule has 5 heteroatoms. The van der Waals surface area contributed by atoms with E-state index in [1.54, 1.807) is 0 Å². The van der Waals surface area contributed by atoms with Gasteiger partial charge in [0, 0.05) is 6.04 Å². The number of carboxylic acids is 1. The number of rotatable bonds is 5. The molecule has 0 spiro atoms. The minimum absolute atomic E-state index is 0.0572. The van der Waals surface area contributed by atoms with Gasteiger partial charge in [-0.05, 0) is 51.9 Å². The van der Waals surface area contributed by atoms with Crippen LogP contribution in [0.4, 0.5) is 5.69 Å². The Kier molecular flexibility index (Phi) is 4.42. The van der Waals surface area contributed by atoms with Crippen molar-refractivity contribution in [2.75, 3.05) is 25.5 Å². The number of carbonyl (C=O) groups is 1. The molecule has 1 aliphatic heterocycles. The summed E-state index contributed by atoms with van der Waals surface area (Å²) in [7, 11) is 1.83. The number of hydrogen-bond acceptors (Lipinski definition) is 4. The largest absolute Gasteiger partial charge is 0.484 e. The topological polar surface area (TPSA) is 61.8 Å². The highest BCUT2D eigenvalue weighted by atomic mass is 16.5. The Morgan fingerprint density at radius 3 is 2.90 bits per heavy atom. The van der Waals surface area contributed by atoms with Crippen LogP contribution in [0.25, 0.3) is 0 Å².